The monoisotopic (exact) mass is 403 g/mol. The van der Waals surface area contributed by atoms with Gasteiger partial charge in [-0.3, -0.25) is 4.79 Å². The Morgan fingerprint density at radius 2 is 1.76 bits per heavy atom. The van der Waals surface area contributed by atoms with E-state index in [4.69, 9.17) is 9.47 Å². The van der Waals surface area contributed by atoms with Crippen molar-refractivity contribution in [1.29, 1.82) is 0 Å². The molecule has 158 valence electrons. The molecule has 0 fully saturated rings. The van der Waals surface area contributed by atoms with Gasteiger partial charge in [-0.15, -0.1) is 0 Å². The Hall–Kier alpha value is -3.03. The molecule has 8 heteroatoms. The number of aromatic nitrogens is 1. The van der Waals surface area contributed by atoms with Gasteiger partial charge in [0, 0.05) is 23.5 Å². The summed E-state index contributed by atoms with van der Waals surface area (Å²) in [6.45, 7) is 8.28. The van der Waals surface area contributed by atoms with Crippen molar-refractivity contribution < 1.29 is 23.9 Å². The fraction of sp³-hybridized carbons (Fsp3) is 0.476. The van der Waals surface area contributed by atoms with Gasteiger partial charge in [0.2, 0.25) is 5.91 Å². The van der Waals surface area contributed by atoms with E-state index in [1.165, 1.54) is 21.0 Å². The molecule has 0 aliphatic rings. The van der Waals surface area contributed by atoms with E-state index in [-0.39, 0.29) is 6.42 Å². The number of benzene rings is 1. The number of hydrogen-bond acceptors (Lipinski definition) is 5. The topological polar surface area (TPSA) is 110 Å². The second kappa shape index (κ2) is 8.55. The molecule has 1 aromatic heterocycles. The Bertz CT molecular complexity index is 895. The smallest absolute Gasteiger partial charge is 0.408 e. The van der Waals surface area contributed by atoms with Gasteiger partial charge in [0.05, 0.1) is 7.11 Å². The summed E-state index contributed by atoms with van der Waals surface area (Å²) in [5, 5.41) is 6.21. The minimum Gasteiger partial charge on any atom is -0.467 e. The molecule has 8 nitrogen and oxygen atoms in total. The van der Waals surface area contributed by atoms with Crippen molar-refractivity contribution in [1.82, 2.24) is 15.6 Å². The number of ether oxygens (including phenoxy) is 2. The molecular weight excluding hydrogens is 374 g/mol. The number of carbonyl (C=O) groups excluding carboxylic acids is 3. The molecule has 0 radical (unpaired) electrons. The van der Waals surface area contributed by atoms with Crippen molar-refractivity contribution in [2.75, 3.05) is 7.11 Å². The summed E-state index contributed by atoms with van der Waals surface area (Å²) in [5.74, 6) is -1.11. The van der Waals surface area contributed by atoms with E-state index < -0.39 is 35.2 Å². The van der Waals surface area contributed by atoms with Crippen LogP contribution in [0, 0.1) is 0 Å². The SMILES string of the molecule is COC(=O)C(C)(C)NC(=O)[C@@H](Cc1c[nH]c2ccccc12)NC(=O)OC(C)(C)C. The van der Waals surface area contributed by atoms with Gasteiger partial charge in [0.1, 0.15) is 17.2 Å². The number of hydrogen-bond donors (Lipinski definition) is 3. The van der Waals surface area contributed by atoms with E-state index in [9.17, 15) is 14.4 Å². The second-order valence-corrected chi connectivity index (χ2v) is 8.37. The summed E-state index contributed by atoms with van der Waals surface area (Å²) in [7, 11) is 1.25. The number of fused-ring (bicyclic) bond motifs is 1. The maximum atomic E-state index is 12.9. The highest BCUT2D eigenvalue weighted by Gasteiger charge is 2.34. The maximum absolute atomic E-state index is 12.9. The molecule has 2 amide bonds. The van der Waals surface area contributed by atoms with E-state index in [0.717, 1.165) is 16.5 Å². The molecule has 0 saturated carbocycles. The lowest BCUT2D eigenvalue weighted by molar-refractivity contribution is -0.149. The summed E-state index contributed by atoms with van der Waals surface area (Å²) >= 11 is 0. The first-order valence-corrected chi connectivity index (χ1v) is 9.38. The molecule has 1 heterocycles. The molecule has 0 aliphatic carbocycles. The number of nitrogens with one attached hydrogen (secondary N) is 3. The van der Waals surface area contributed by atoms with Crippen LogP contribution in [0.25, 0.3) is 10.9 Å². The minimum absolute atomic E-state index is 0.215. The Kier molecular flexibility index (Phi) is 6.56. The standard InChI is InChI=1S/C21H29N3O5/c1-20(2,3)29-19(27)23-16(17(25)24-21(4,5)18(26)28-6)11-13-12-22-15-10-8-7-9-14(13)15/h7-10,12,16,22H,11H2,1-6H3,(H,23,27)(H,24,25)/t16-/m1/s1. The third-order valence-corrected chi connectivity index (χ3v) is 4.24. The number of methoxy groups -OCH3 is 1. The molecule has 0 saturated heterocycles. The molecule has 0 aliphatic heterocycles. The van der Waals surface area contributed by atoms with Crippen LogP contribution in [0.1, 0.15) is 40.2 Å². The molecule has 0 spiro atoms. The second-order valence-electron chi connectivity index (χ2n) is 8.37. The first-order valence-electron chi connectivity index (χ1n) is 9.38. The predicted octanol–water partition coefficient (Wildman–Crippen LogP) is 2.67. The average molecular weight is 403 g/mol. The van der Waals surface area contributed by atoms with Crippen molar-refractivity contribution in [2.24, 2.45) is 0 Å². The molecular formula is C21H29N3O5. The summed E-state index contributed by atoms with van der Waals surface area (Å²) in [4.78, 5) is 40.3. The molecule has 2 aromatic rings. The van der Waals surface area contributed by atoms with E-state index in [0.29, 0.717) is 0 Å². The predicted molar refractivity (Wildman–Crippen MR) is 109 cm³/mol. The maximum Gasteiger partial charge on any atom is 0.408 e. The van der Waals surface area contributed by atoms with E-state index in [2.05, 4.69) is 15.6 Å². The molecule has 0 bridgehead atoms. The third-order valence-electron chi connectivity index (χ3n) is 4.24. The number of alkyl carbamates (subject to hydrolysis) is 1. The Morgan fingerprint density at radius 1 is 1.10 bits per heavy atom. The lowest BCUT2D eigenvalue weighted by Crippen LogP contribution is -2.57. The summed E-state index contributed by atoms with van der Waals surface area (Å²) < 4.78 is 10.0. The largest absolute Gasteiger partial charge is 0.467 e. The van der Waals surface area contributed by atoms with Crippen LogP contribution in [0.2, 0.25) is 0 Å². The normalized spacial score (nSPS) is 12.9. The van der Waals surface area contributed by atoms with Crippen molar-refractivity contribution >= 4 is 28.9 Å². The van der Waals surface area contributed by atoms with Gasteiger partial charge in [0.25, 0.3) is 0 Å². The fourth-order valence-corrected chi connectivity index (χ4v) is 2.88. The quantitative estimate of drug-likeness (QED) is 0.643. The highest BCUT2D eigenvalue weighted by atomic mass is 16.6. The summed E-state index contributed by atoms with van der Waals surface area (Å²) in [5.41, 5.74) is -0.182. The summed E-state index contributed by atoms with van der Waals surface area (Å²) in [6.07, 6.45) is 1.30. The van der Waals surface area contributed by atoms with Gasteiger partial charge in [0.15, 0.2) is 0 Å². The Labute approximate surface area is 170 Å². The van der Waals surface area contributed by atoms with Crippen molar-refractivity contribution in [2.45, 2.75) is 58.2 Å². The first kappa shape index (κ1) is 22.3. The van der Waals surface area contributed by atoms with Crippen molar-refractivity contribution in [3.05, 3.63) is 36.0 Å². The number of esters is 1. The van der Waals surface area contributed by atoms with Crippen molar-refractivity contribution in [3.8, 4) is 0 Å². The molecule has 1 aromatic carbocycles. The zero-order valence-electron chi connectivity index (χ0n) is 17.7. The summed E-state index contributed by atoms with van der Waals surface area (Å²) in [6, 6.07) is 6.71. The van der Waals surface area contributed by atoms with Gasteiger partial charge >= 0.3 is 12.1 Å². The van der Waals surface area contributed by atoms with Gasteiger partial charge in [-0.25, -0.2) is 9.59 Å². The van der Waals surface area contributed by atoms with E-state index in [1.807, 2.05) is 24.3 Å². The zero-order valence-corrected chi connectivity index (χ0v) is 17.7. The fourth-order valence-electron chi connectivity index (χ4n) is 2.88. The van der Waals surface area contributed by atoms with Gasteiger partial charge < -0.3 is 25.1 Å². The van der Waals surface area contributed by atoms with E-state index in [1.54, 1.807) is 27.0 Å². The highest BCUT2D eigenvalue weighted by Crippen LogP contribution is 2.20. The molecule has 29 heavy (non-hydrogen) atoms. The van der Waals surface area contributed by atoms with Crippen LogP contribution >= 0.6 is 0 Å². The van der Waals surface area contributed by atoms with Gasteiger partial charge in [-0.05, 0) is 46.2 Å². The number of H-pyrrole nitrogens is 1. The van der Waals surface area contributed by atoms with Crippen LogP contribution in [0.5, 0.6) is 0 Å². The number of carbonyl (C=O) groups is 3. The number of para-hydroxylation sites is 1. The third kappa shape index (κ3) is 5.97. The molecule has 2 rings (SSSR count). The van der Waals surface area contributed by atoms with Crippen LogP contribution in [0.4, 0.5) is 4.79 Å². The van der Waals surface area contributed by atoms with Crippen LogP contribution < -0.4 is 10.6 Å². The van der Waals surface area contributed by atoms with Crippen molar-refractivity contribution in [3.63, 3.8) is 0 Å². The average Bonchev–Trinajstić information content (AvgIpc) is 3.01. The van der Waals surface area contributed by atoms with Crippen LogP contribution in [0.15, 0.2) is 30.5 Å². The molecule has 0 unspecified atom stereocenters. The lowest BCUT2D eigenvalue weighted by Gasteiger charge is -2.27. The minimum atomic E-state index is -1.25. The molecule has 1 atom stereocenters. The van der Waals surface area contributed by atoms with Gasteiger partial charge in [-0.1, -0.05) is 18.2 Å². The Morgan fingerprint density at radius 3 is 2.38 bits per heavy atom. The van der Waals surface area contributed by atoms with Crippen LogP contribution in [-0.2, 0) is 25.5 Å². The Balaban J connectivity index is 2.26. The molecule has 3 N–H and O–H groups in total. The lowest BCUT2D eigenvalue weighted by atomic mass is 10.0. The number of aromatic amines is 1. The highest BCUT2D eigenvalue weighted by molar-refractivity contribution is 5.92. The van der Waals surface area contributed by atoms with E-state index >= 15 is 0 Å². The van der Waals surface area contributed by atoms with Crippen LogP contribution in [0.3, 0.4) is 0 Å². The zero-order chi connectivity index (χ0) is 21.8. The number of amides is 2. The van der Waals surface area contributed by atoms with Gasteiger partial charge in [-0.2, -0.15) is 0 Å². The number of rotatable bonds is 6. The van der Waals surface area contributed by atoms with Crippen LogP contribution in [-0.4, -0.2) is 47.2 Å². The first-order chi connectivity index (χ1) is 13.4.